The van der Waals surface area contributed by atoms with Gasteiger partial charge in [-0.25, -0.2) is 19.2 Å². The van der Waals surface area contributed by atoms with Gasteiger partial charge in [-0.15, -0.1) is 0 Å². The first kappa shape index (κ1) is 118. The minimum absolute atomic E-state index is 0. The van der Waals surface area contributed by atoms with Crippen LogP contribution in [-0.4, -0.2) is 199 Å². The van der Waals surface area contributed by atoms with Crippen LogP contribution in [0.2, 0.25) is 0 Å². The molecule has 8 atom stereocenters. The average Bonchev–Trinajstić information content (AvgIpc) is 1.00. The number of ketones is 8. The Morgan fingerprint density at radius 1 is 0.462 bits per heavy atom. The van der Waals surface area contributed by atoms with Crippen LogP contribution in [0.15, 0.2) is 109 Å². The van der Waals surface area contributed by atoms with E-state index in [1.807, 2.05) is 71.9 Å². The molecule has 0 radical (unpaired) electrons. The van der Waals surface area contributed by atoms with Crippen LogP contribution >= 0.6 is 0 Å². The number of carbonyl (C=O) groups excluding carboxylic acids is 14. The number of aliphatic carboxylic acids is 2. The van der Waals surface area contributed by atoms with Crippen LogP contribution in [0.4, 0.5) is 14.4 Å². The summed E-state index contributed by atoms with van der Waals surface area (Å²) in [5, 5.41) is 33.0. The third-order valence-electron chi connectivity index (χ3n) is 23.3. The number of amides is 6. The third kappa shape index (κ3) is 39.9. The maximum Gasteiger partial charge on any atom is 0.411 e. The second-order valence-corrected chi connectivity index (χ2v) is 39.7. The monoisotopic (exact) mass is 1850 g/mol. The van der Waals surface area contributed by atoms with Gasteiger partial charge < -0.3 is 56.7 Å². The Kier molecular flexibility index (Phi) is 49.6. The SMILES string of the molecule is C.CC(C)(C)OC(=O)N1CCCC1C(=O)O.CC(C)C[C@@H](/C=C/[C@H](Cc1ccccc1)C(=O)O)NC(=O)OC(C)(C)C.CC1=C(C)C(=O)C(CCCC[C@H](CC(=O)[C@@H]2CCCN2)C(=O)NC(C)C)=C(C)C1=O.CC1=C(C)C(=O)C(CCCC[C@H](CC(=O)[C@@H]2CCCN2C(=O)OC(C)(C)C)C(=O)NC(C)C)=C(C)C1=O.CC1=C(C)C(=O)C(CCCC[C@H](N)C(=O)NC(C)C)=C(C)C1=O. The van der Waals surface area contributed by atoms with Gasteiger partial charge in [-0.05, 0) is 293 Å². The fraction of sp³-hybridized carbons (Fsp3) is 0.650. The second kappa shape index (κ2) is 55.5. The Morgan fingerprint density at radius 2 is 0.833 bits per heavy atom. The molecule has 0 aromatic heterocycles. The number of likely N-dealkylation sites (tertiary alicyclic amines) is 2. The molecule has 132 heavy (non-hydrogen) atoms. The molecule has 3 heterocycles. The molecule has 1 aromatic rings. The number of nitrogens with two attached hydrogens (primary N) is 1. The van der Waals surface area contributed by atoms with Gasteiger partial charge >= 0.3 is 30.2 Å². The normalized spacial score (nSPS) is 18.5. The molecular formula is C103H160N8O21. The number of hydrogen-bond donors (Lipinski definition) is 8. The van der Waals surface area contributed by atoms with Gasteiger partial charge in [-0.2, -0.15) is 0 Å². The molecule has 0 saturated carbocycles. The molecule has 9 N–H and O–H groups in total. The van der Waals surface area contributed by atoms with Gasteiger partial charge in [0.2, 0.25) is 17.7 Å². The van der Waals surface area contributed by atoms with Crippen LogP contribution in [0.3, 0.4) is 0 Å². The number of alkyl carbamates (subject to hydrolysis) is 1. The third-order valence-corrected chi connectivity index (χ3v) is 23.3. The van der Waals surface area contributed by atoms with E-state index < -0.39 is 77.0 Å². The first-order valence-corrected chi connectivity index (χ1v) is 46.8. The van der Waals surface area contributed by atoms with E-state index in [4.69, 9.17) is 25.1 Å². The summed E-state index contributed by atoms with van der Waals surface area (Å²) in [6.45, 7) is 48.6. The molecule has 738 valence electrons. The van der Waals surface area contributed by atoms with Crippen molar-refractivity contribution in [2.24, 2.45) is 29.4 Å². The summed E-state index contributed by atoms with van der Waals surface area (Å²) in [4.78, 5) is 199. The molecule has 3 aliphatic carbocycles. The predicted octanol–water partition coefficient (Wildman–Crippen LogP) is 16.8. The highest BCUT2D eigenvalue weighted by molar-refractivity contribution is 6.26. The van der Waals surface area contributed by atoms with E-state index in [0.717, 1.165) is 50.6 Å². The summed E-state index contributed by atoms with van der Waals surface area (Å²) < 4.78 is 15.9. The van der Waals surface area contributed by atoms with Crippen molar-refractivity contribution in [3.8, 4) is 0 Å². The van der Waals surface area contributed by atoms with Crippen molar-refractivity contribution in [3.05, 3.63) is 115 Å². The number of carbonyl (C=O) groups is 16. The maximum absolute atomic E-state index is 13.3. The number of Topliss-reactive ketones (excluding diaryl/α,β-unsaturated/α-hetero) is 8. The van der Waals surface area contributed by atoms with E-state index >= 15 is 0 Å². The lowest BCUT2D eigenvalue weighted by atomic mass is 9.83. The van der Waals surface area contributed by atoms with Crippen molar-refractivity contribution in [3.63, 3.8) is 0 Å². The molecule has 1 aromatic carbocycles. The Labute approximate surface area is 785 Å². The zero-order valence-electron chi connectivity index (χ0n) is 83.3. The number of allylic oxidation sites excluding steroid dienone is 12. The molecule has 7 rings (SSSR count). The zero-order chi connectivity index (χ0) is 99.6. The lowest BCUT2D eigenvalue weighted by Crippen LogP contribution is -2.45. The van der Waals surface area contributed by atoms with Gasteiger partial charge in [0.1, 0.15) is 22.8 Å². The summed E-state index contributed by atoms with van der Waals surface area (Å²) in [6, 6.07) is 7.31. The van der Waals surface area contributed by atoms with E-state index in [-0.39, 0.29) is 120 Å². The summed E-state index contributed by atoms with van der Waals surface area (Å²) in [5.74, 6) is -3.77. The highest BCUT2D eigenvalue weighted by Gasteiger charge is 2.41. The van der Waals surface area contributed by atoms with Crippen molar-refractivity contribution >= 4 is 94.2 Å². The fourth-order valence-corrected chi connectivity index (χ4v) is 15.9. The number of benzene rings is 1. The highest BCUT2D eigenvalue weighted by Crippen LogP contribution is 2.34. The smallest absolute Gasteiger partial charge is 0.411 e. The van der Waals surface area contributed by atoms with E-state index in [2.05, 4.69) is 40.4 Å². The van der Waals surface area contributed by atoms with Gasteiger partial charge in [0.25, 0.3) is 0 Å². The van der Waals surface area contributed by atoms with Crippen molar-refractivity contribution in [1.82, 2.24) is 36.4 Å². The predicted molar refractivity (Wildman–Crippen MR) is 513 cm³/mol. The molecule has 1 unspecified atom stereocenters. The van der Waals surface area contributed by atoms with Crippen LogP contribution < -0.4 is 32.3 Å². The second-order valence-electron chi connectivity index (χ2n) is 39.7. The van der Waals surface area contributed by atoms with Crippen LogP contribution in [0, 0.1) is 23.7 Å². The molecule has 6 aliphatic rings. The van der Waals surface area contributed by atoms with Crippen LogP contribution in [0.5, 0.6) is 0 Å². The van der Waals surface area contributed by atoms with Crippen molar-refractivity contribution < 1.29 is 101 Å². The van der Waals surface area contributed by atoms with Crippen molar-refractivity contribution in [2.75, 3.05) is 19.6 Å². The van der Waals surface area contributed by atoms with Crippen LogP contribution in [-0.2, 0) is 83.0 Å². The molecule has 0 spiro atoms. The first-order chi connectivity index (χ1) is 60.8. The zero-order valence-corrected chi connectivity index (χ0v) is 83.3. The molecule has 29 nitrogen and oxygen atoms in total. The molecule has 29 heteroatoms. The largest absolute Gasteiger partial charge is 0.481 e. The fourth-order valence-electron chi connectivity index (χ4n) is 15.9. The molecule has 6 amide bonds. The number of unbranched alkanes of at least 4 members (excludes halogenated alkanes) is 3. The van der Waals surface area contributed by atoms with Gasteiger partial charge in [0, 0.05) is 123 Å². The topological polar surface area (TPSA) is 434 Å². The number of hydrogen-bond acceptors (Lipinski definition) is 21. The lowest BCUT2D eigenvalue weighted by molar-refractivity contribution is -0.142. The molecule has 3 fully saturated rings. The average molecular weight is 1850 g/mol. The number of nitrogens with one attached hydrogen (secondary N) is 5. The number of nitrogens with zero attached hydrogens (tertiary/aromatic N) is 2. The summed E-state index contributed by atoms with van der Waals surface area (Å²) >= 11 is 0. The van der Waals surface area contributed by atoms with E-state index in [1.165, 1.54) is 9.80 Å². The number of carboxylic acids is 2. The quantitative estimate of drug-likeness (QED) is 0.0134. The Morgan fingerprint density at radius 3 is 1.20 bits per heavy atom. The van der Waals surface area contributed by atoms with E-state index in [1.54, 1.807) is 137 Å². The lowest BCUT2D eigenvalue weighted by Gasteiger charge is -2.28. The number of ether oxygens (including phenoxy) is 3. The minimum atomic E-state index is -0.960. The van der Waals surface area contributed by atoms with Gasteiger partial charge in [0.15, 0.2) is 46.3 Å². The summed E-state index contributed by atoms with van der Waals surface area (Å²) in [5.41, 5.74) is 11.5. The Balaban J connectivity index is 0.000000571. The Hall–Kier alpha value is -10.2. The van der Waals surface area contributed by atoms with Gasteiger partial charge in [-0.1, -0.05) is 83.0 Å². The molecule has 3 aliphatic heterocycles. The van der Waals surface area contributed by atoms with Crippen molar-refractivity contribution in [1.29, 1.82) is 0 Å². The standard InChI is InChI=1S/C29H44N2O6.C24H36N2O4.C21H31NO4.C18H28N2O3.C10H17NO4.CH4/c1-17(2)30-27(35)21(12-9-10-13-22-20(5)25(33)18(3)19(4)26(22)34)16-24(32)23-14-11-15-31(23)28(36)37-29(6,7)8;1-14(2)26-24(30)18(13-21(27)20-11-8-12-25-20)9-6-7-10-19-17(5)22(28)15(3)16(4)23(19)29;1-15(2)13-18(22-20(25)26-21(3,4)5)12-11-17(19(23)24)14-16-9-7-6-8-10-16;1-10(2)20-18(23)15(19)9-7-6-8-14-13(5)16(21)11(3)12(4)17(14)22;1-10(2,3)15-9(14)11-6-4-5-7(11)8(12)13;/h17,21,23H,9-16H2,1-8H3,(H,30,35);14,18,20,25H,6-13H2,1-5H3,(H,26,30);6-12,15,17-18H,13-14H2,1-5H3,(H,22,25)(H,23,24);10,15H,6-9,19H2,1-5H3,(H,20,23);7H,4-6H2,1-3H3,(H,12,13);1H4/b;;12-11+;;;/t21-,23+;18-,20+;17-,18-;15-;;/m1110../s1. The van der Waals surface area contributed by atoms with Crippen LogP contribution in [0.25, 0.3) is 0 Å². The van der Waals surface area contributed by atoms with E-state index in [9.17, 15) is 81.8 Å². The van der Waals surface area contributed by atoms with E-state index in [0.29, 0.717) is 176 Å². The van der Waals surface area contributed by atoms with Crippen molar-refractivity contribution in [2.45, 2.75) is 394 Å². The summed E-state index contributed by atoms with van der Waals surface area (Å²) in [7, 11) is 0. The summed E-state index contributed by atoms with van der Waals surface area (Å²) in [6.07, 6.45) is 15.0. The van der Waals surface area contributed by atoms with Gasteiger partial charge in [0.05, 0.1) is 30.1 Å². The number of rotatable bonds is 36. The number of carboxylic acid groups (broad SMARTS) is 2. The van der Waals surface area contributed by atoms with Crippen LogP contribution in [0.1, 0.15) is 328 Å². The highest BCUT2D eigenvalue weighted by atomic mass is 16.6. The molecular weight excluding hydrogens is 1690 g/mol. The minimum Gasteiger partial charge on any atom is -0.481 e. The maximum atomic E-state index is 13.3. The Bertz CT molecular complexity index is 4470. The molecule has 3 saturated heterocycles. The first-order valence-electron chi connectivity index (χ1n) is 46.8. The van der Waals surface area contributed by atoms with Gasteiger partial charge in [-0.3, -0.25) is 67.3 Å². The molecule has 0 bridgehead atoms.